The normalized spacial score (nSPS) is 19.5. The molecular formula is C34H39NP2. The molecule has 1 aliphatic rings. The highest BCUT2D eigenvalue weighted by Crippen LogP contribution is 2.76. The van der Waals surface area contributed by atoms with Crippen LogP contribution in [0.15, 0.2) is 109 Å². The van der Waals surface area contributed by atoms with Gasteiger partial charge in [0, 0.05) is 25.9 Å². The van der Waals surface area contributed by atoms with Gasteiger partial charge in [0.25, 0.3) is 0 Å². The summed E-state index contributed by atoms with van der Waals surface area (Å²) < 4.78 is 3.02. The van der Waals surface area contributed by atoms with Gasteiger partial charge in [-0.25, -0.2) is 0 Å². The summed E-state index contributed by atoms with van der Waals surface area (Å²) in [5.41, 5.74) is 6.91. The molecular weight excluding hydrogens is 484 g/mol. The Balaban J connectivity index is 1.67. The summed E-state index contributed by atoms with van der Waals surface area (Å²) in [6.07, 6.45) is 4.99. The summed E-state index contributed by atoms with van der Waals surface area (Å²) in [6.45, 7) is 7.89. The Hall–Kier alpha value is -2.30. The second-order valence-corrected chi connectivity index (χ2v) is 15.2. The summed E-state index contributed by atoms with van der Waals surface area (Å²) in [6, 6.07) is 41.6. The molecule has 0 aromatic heterocycles. The van der Waals surface area contributed by atoms with E-state index in [2.05, 4.69) is 134 Å². The third-order valence-electron chi connectivity index (χ3n) is 7.49. The molecule has 1 aliphatic heterocycles. The van der Waals surface area contributed by atoms with Crippen molar-refractivity contribution in [1.82, 2.24) is 4.44 Å². The van der Waals surface area contributed by atoms with Gasteiger partial charge in [0.1, 0.15) is 0 Å². The SMILES string of the molecule is CCCCN(P(c1ccc(C)cc1)c1ccc(C)cc1)P1[C@@H](c2ccccc2)CC[C@H]1c1ccccc1. The summed E-state index contributed by atoms with van der Waals surface area (Å²) in [7, 11) is -1.07. The fourth-order valence-electron chi connectivity index (χ4n) is 5.51. The summed E-state index contributed by atoms with van der Waals surface area (Å²) in [5, 5.41) is 2.96. The molecule has 1 nitrogen and oxygen atoms in total. The van der Waals surface area contributed by atoms with Crippen LogP contribution in [0.5, 0.6) is 0 Å². The molecule has 0 N–H and O–H groups in total. The second-order valence-electron chi connectivity index (χ2n) is 10.2. The number of unbranched alkanes of at least 4 members (excludes halogenated alkanes) is 1. The average molecular weight is 524 g/mol. The largest absolute Gasteiger partial charge is 0.251 e. The zero-order valence-corrected chi connectivity index (χ0v) is 24.2. The minimum absolute atomic E-state index is 0.439. The molecule has 37 heavy (non-hydrogen) atoms. The summed E-state index contributed by atoms with van der Waals surface area (Å²) in [4.78, 5) is 0. The topological polar surface area (TPSA) is 3.24 Å². The predicted octanol–water partition coefficient (Wildman–Crippen LogP) is 9.43. The van der Waals surface area contributed by atoms with Gasteiger partial charge in [-0.2, -0.15) is 0 Å². The van der Waals surface area contributed by atoms with Crippen molar-refractivity contribution in [3.05, 3.63) is 131 Å². The fraction of sp³-hybridized carbons (Fsp3) is 0.294. The van der Waals surface area contributed by atoms with Crippen molar-refractivity contribution in [1.29, 1.82) is 0 Å². The Morgan fingerprint density at radius 3 is 1.49 bits per heavy atom. The lowest BCUT2D eigenvalue weighted by atomic mass is 10.0. The van der Waals surface area contributed by atoms with Gasteiger partial charge in [-0.3, -0.25) is 4.44 Å². The summed E-state index contributed by atoms with van der Waals surface area (Å²) >= 11 is 0. The van der Waals surface area contributed by atoms with Gasteiger partial charge in [-0.05, 0) is 62.9 Å². The van der Waals surface area contributed by atoms with Gasteiger partial charge in [0.15, 0.2) is 0 Å². The Morgan fingerprint density at radius 1 is 0.649 bits per heavy atom. The minimum Gasteiger partial charge on any atom is -0.251 e. The summed E-state index contributed by atoms with van der Waals surface area (Å²) in [5.74, 6) is 0. The van der Waals surface area contributed by atoms with E-state index in [0.717, 1.165) is 6.54 Å². The smallest absolute Gasteiger partial charge is 0.0318 e. The molecule has 0 spiro atoms. The van der Waals surface area contributed by atoms with Crippen LogP contribution in [0, 0.1) is 13.8 Å². The van der Waals surface area contributed by atoms with Gasteiger partial charge in [-0.1, -0.05) is 134 Å². The maximum absolute atomic E-state index is 3.02. The van der Waals surface area contributed by atoms with Crippen molar-refractivity contribution >= 4 is 26.8 Å². The minimum atomic E-state index is -0.634. The molecule has 0 saturated carbocycles. The molecule has 0 amide bonds. The van der Waals surface area contributed by atoms with Crippen molar-refractivity contribution in [2.24, 2.45) is 0 Å². The van der Waals surface area contributed by atoms with Gasteiger partial charge in [-0.15, -0.1) is 0 Å². The number of hydrogen-bond donors (Lipinski definition) is 0. The second kappa shape index (κ2) is 12.5. The van der Waals surface area contributed by atoms with E-state index >= 15 is 0 Å². The van der Waals surface area contributed by atoms with E-state index in [-0.39, 0.29) is 0 Å². The Bertz CT molecular complexity index is 1150. The van der Waals surface area contributed by atoms with Crippen LogP contribution in [0.25, 0.3) is 0 Å². The van der Waals surface area contributed by atoms with Crippen LogP contribution in [-0.4, -0.2) is 11.0 Å². The standard InChI is InChI=1S/C34H39NP2/c1-4-5-26-35(36(31-20-16-27(2)17-21-31)32-22-18-28(3)19-23-32)37-33(29-12-8-6-9-13-29)24-25-34(37)30-14-10-7-11-15-30/h6-23,33-34H,4-5,24-26H2,1-3H3/t33-,34+,37?. The quantitative estimate of drug-likeness (QED) is 0.198. The molecule has 3 atom stereocenters. The van der Waals surface area contributed by atoms with E-state index in [0.29, 0.717) is 11.3 Å². The fourth-order valence-corrected chi connectivity index (χ4v) is 13.0. The first-order valence-electron chi connectivity index (χ1n) is 13.7. The maximum Gasteiger partial charge on any atom is 0.0318 e. The first kappa shape index (κ1) is 26.3. The zero-order chi connectivity index (χ0) is 25.6. The highest BCUT2D eigenvalue weighted by molar-refractivity contribution is 7.79. The number of benzene rings is 4. The molecule has 1 fully saturated rings. The van der Waals surface area contributed by atoms with Crippen molar-refractivity contribution in [2.45, 2.75) is 57.8 Å². The highest BCUT2D eigenvalue weighted by atomic mass is 31.2. The van der Waals surface area contributed by atoms with Crippen LogP contribution in [0.3, 0.4) is 0 Å². The van der Waals surface area contributed by atoms with E-state index in [1.165, 1.54) is 58.5 Å². The number of rotatable bonds is 9. The lowest BCUT2D eigenvalue weighted by Gasteiger charge is -2.42. The number of hydrogen-bond acceptors (Lipinski definition) is 1. The van der Waals surface area contributed by atoms with E-state index < -0.39 is 16.1 Å². The Kier molecular flexibility index (Phi) is 8.89. The Morgan fingerprint density at radius 2 is 1.08 bits per heavy atom. The first-order valence-corrected chi connectivity index (χ1v) is 16.5. The lowest BCUT2D eigenvalue weighted by Crippen LogP contribution is -2.28. The van der Waals surface area contributed by atoms with Crippen molar-refractivity contribution < 1.29 is 0 Å². The Labute approximate surface area is 226 Å². The van der Waals surface area contributed by atoms with Gasteiger partial charge in [0.2, 0.25) is 0 Å². The van der Waals surface area contributed by atoms with E-state index in [4.69, 9.17) is 0 Å². The van der Waals surface area contributed by atoms with Gasteiger partial charge >= 0.3 is 0 Å². The highest BCUT2D eigenvalue weighted by Gasteiger charge is 2.44. The van der Waals surface area contributed by atoms with Crippen LogP contribution in [0.1, 0.15) is 66.2 Å². The molecule has 0 bridgehead atoms. The lowest BCUT2D eigenvalue weighted by molar-refractivity contribution is 0.632. The molecule has 5 rings (SSSR count). The molecule has 1 unspecified atom stereocenters. The average Bonchev–Trinajstić information content (AvgIpc) is 3.38. The third kappa shape index (κ3) is 6.07. The van der Waals surface area contributed by atoms with Gasteiger partial charge in [0.05, 0.1) is 0 Å². The first-order chi connectivity index (χ1) is 18.2. The molecule has 0 aliphatic carbocycles. The van der Waals surface area contributed by atoms with E-state index in [9.17, 15) is 0 Å². The monoisotopic (exact) mass is 523 g/mol. The van der Waals surface area contributed by atoms with Crippen molar-refractivity contribution in [2.75, 3.05) is 6.54 Å². The van der Waals surface area contributed by atoms with Crippen molar-refractivity contribution in [3.8, 4) is 0 Å². The number of aryl methyl sites for hydroxylation is 2. The zero-order valence-electron chi connectivity index (χ0n) is 22.4. The molecule has 0 radical (unpaired) electrons. The van der Waals surface area contributed by atoms with Crippen LogP contribution < -0.4 is 10.6 Å². The molecule has 190 valence electrons. The third-order valence-corrected chi connectivity index (χ3v) is 14.0. The predicted molar refractivity (Wildman–Crippen MR) is 165 cm³/mol. The van der Waals surface area contributed by atoms with Crippen LogP contribution >= 0.6 is 16.1 Å². The molecule has 1 heterocycles. The van der Waals surface area contributed by atoms with Gasteiger partial charge < -0.3 is 0 Å². The van der Waals surface area contributed by atoms with E-state index in [1.807, 2.05) is 0 Å². The molecule has 1 saturated heterocycles. The molecule has 4 aromatic carbocycles. The maximum atomic E-state index is 3.02. The van der Waals surface area contributed by atoms with Crippen LogP contribution in [0.4, 0.5) is 0 Å². The number of nitrogens with zero attached hydrogens (tertiary/aromatic N) is 1. The van der Waals surface area contributed by atoms with Crippen LogP contribution in [-0.2, 0) is 0 Å². The molecule has 3 heteroatoms. The van der Waals surface area contributed by atoms with Crippen molar-refractivity contribution in [3.63, 3.8) is 0 Å². The van der Waals surface area contributed by atoms with Crippen LogP contribution in [0.2, 0.25) is 0 Å². The molecule has 4 aromatic rings. The van der Waals surface area contributed by atoms with E-state index in [1.54, 1.807) is 0 Å².